The Kier molecular flexibility index (Phi) is 19.3. The normalized spacial score (nSPS) is 13.7. The van der Waals surface area contributed by atoms with E-state index in [4.69, 9.17) is 18.9 Å². The Morgan fingerprint density at radius 1 is 0.688 bits per heavy atom. The summed E-state index contributed by atoms with van der Waals surface area (Å²) in [5.74, 6) is -2.29. The largest absolute Gasteiger partial charge is 0.379 e. The molecule has 0 fully saturated rings. The number of hydrogen-bond acceptors (Lipinski definition) is 10. The van der Waals surface area contributed by atoms with Crippen LogP contribution >= 0.6 is 0 Å². The first kappa shape index (κ1) is 40.0. The van der Waals surface area contributed by atoms with Crippen LogP contribution in [0, 0.1) is 0 Å². The summed E-state index contributed by atoms with van der Waals surface area (Å²) in [6.07, 6.45) is 4.45. The lowest BCUT2D eigenvalue weighted by Crippen LogP contribution is -2.50. The highest BCUT2D eigenvalue weighted by molar-refractivity contribution is 6.13. The van der Waals surface area contributed by atoms with Gasteiger partial charge in [0.1, 0.15) is 12.1 Å². The van der Waals surface area contributed by atoms with Gasteiger partial charge in [0.2, 0.25) is 23.6 Å². The SMILES string of the molecule is CCCc1ccc(NC(=O)[C@H](C)NC(=O)[C@H](C)NC(=O)CCOCCOCCOCCOCCNC(=O)CCN2C(=O)C=CC2=O)cc1. The molecule has 0 unspecified atom stereocenters. The summed E-state index contributed by atoms with van der Waals surface area (Å²) >= 11 is 0. The lowest BCUT2D eigenvalue weighted by Gasteiger charge is -2.18. The van der Waals surface area contributed by atoms with E-state index in [1.54, 1.807) is 13.8 Å². The number of anilines is 1. The Bertz CT molecular complexity index is 1210. The Labute approximate surface area is 281 Å². The van der Waals surface area contributed by atoms with E-state index in [0.717, 1.165) is 17.7 Å². The molecule has 1 aromatic rings. The van der Waals surface area contributed by atoms with Gasteiger partial charge in [0.15, 0.2) is 0 Å². The number of benzene rings is 1. The zero-order chi connectivity index (χ0) is 35.1. The molecule has 0 radical (unpaired) electrons. The van der Waals surface area contributed by atoms with Gasteiger partial charge in [0, 0.05) is 43.8 Å². The van der Waals surface area contributed by atoms with Crippen molar-refractivity contribution in [2.45, 2.75) is 58.5 Å². The maximum Gasteiger partial charge on any atom is 0.253 e. The molecular weight excluding hydrogens is 626 g/mol. The van der Waals surface area contributed by atoms with Gasteiger partial charge in [0.25, 0.3) is 11.8 Å². The van der Waals surface area contributed by atoms with E-state index in [-0.39, 0.29) is 50.3 Å². The minimum absolute atomic E-state index is 0.0288. The molecule has 1 aromatic carbocycles. The van der Waals surface area contributed by atoms with Crippen LogP contribution in [0.25, 0.3) is 0 Å². The molecule has 2 rings (SSSR count). The minimum Gasteiger partial charge on any atom is -0.379 e. The van der Waals surface area contributed by atoms with E-state index < -0.39 is 29.8 Å². The summed E-state index contributed by atoms with van der Waals surface area (Å²) in [4.78, 5) is 72.8. The molecule has 0 spiro atoms. The fraction of sp³-hybridized carbons (Fsp3) is 0.576. The Morgan fingerprint density at radius 2 is 1.23 bits per heavy atom. The number of aryl methyl sites for hydroxylation is 1. The highest BCUT2D eigenvalue weighted by atomic mass is 16.6. The van der Waals surface area contributed by atoms with Crippen molar-refractivity contribution in [3.63, 3.8) is 0 Å². The van der Waals surface area contributed by atoms with E-state index in [1.807, 2.05) is 24.3 Å². The molecule has 0 saturated heterocycles. The molecule has 266 valence electrons. The third-order valence-corrected chi connectivity index (χ3v) is 6.90. The van der Waals surface area contributed by atoms with Gasteiger partial charge in [-0.2, -0.15) is 0 Å². The van der Waals surface area contributed by atoms with Crippen LogP contribution in [0.2, 0.25) is 0 Å². The number of nitrogens with one attached hydrogen (secondary N) is 4. The number of ether oxygens (including phenoxy) is 4. The number of rotatable bonds is 25. The lowest BCUT2D eigenvalue weighted by molar-refractivity contribution is -0.137. The average molecular weight is 676 g/mol. The second kappa shape index (κ2) is 23.2. The van der Waals surface area contributed by atoms with Gasteiger partial charge in [-0.25, -0.2) is 0 Å². The first-order valence-electron chi connectivity index (χ1n) is 16.2. The molecule has 0 bridgehead atoms. The van der Waals surface area contributed by atoms with Crippen molar-refractivity contribution in [2.75, 3.05) is 71.3 Å². The van der Waals surface area contributed by atoms with Crippen LogP contribution in [0.5, 0.6) is 0 Å². The Balaban J connectivity index is 1.38. The second-order valence-corrected chi connectivity index (χ2v) is 10.9. The summed E-state index contributed by atoms with van der Waals surface area (Å²) in [6.45, 7) is 8.01. The fourth-order valence-electron chi connectivity index (χ4n) is 4.22. The topological polar surface area (TPSA) is 191 Å². The molecule has 4 N–H and O–H groups in total. The van der Waals surface area contributed by atoms with E-state index in [9.17, 15) is 28.8 Å². The molecule has 15 heteroatoms. The highest BCUT2D eigenvalue weighted by Crippen LogP contribution is 2.11. The molecule has 48 heavy (non-hydrogen) atoms. The number of amides is 6. The van der Waals surface area contributed by atoms with E-state index in [1.165, 1.54) is 17.7 Å². The van der Waals surface area contributed by atoms with Gasteiger partial charge < -0.3 is 40.2 Å². The molecular formula is C33H49N5O10. The van der Waals surface area contributed by atoms with Gasteiger partial charge in [-0.15, -0.1) is 0 Å². The quantitative estimate of drug-likeness (QED) is 0.0838. The van der Waals surface area contributed by atoms with Crippen molar-refractivity contribution in [1.29, 1.82) is 0 Å². The van der Waals surface area contributed by atoms with Crippen LogP contribution in [0.15, 0.2) is 36.4 Å². The number of carbonyl (C=O) groups excluding carboxylic acids is 6. The number of imide groups is 1. The van der Waals surface area contributed by atoms with Crippen LogP contribution in [0.3, 0.4) is 0 Å². The number of carbonyl (C=O) groups is 6. The Morgan fingerprint density at radius 3 is 1.81 bits per heavy atom. The molecule has 1 heterocycles. The predicted molar refractivity (Wildman–Crippen MR) is 176 cm³/mol. The third kappa shape index (κ3) is 16.6. The maximum atomic E-state index is 12.5. The molecule has 0 aliphatic carbocycles. The van der Waals surface area contributed by atoms with Crippen molar-refractivity contribution < 1.29 is 47.7 Å². The zero-order valence-corrected chi connectivity index (χ0v) is 28.0. The van der Waals surface area contributed by atoms with Crippen LogP contribution in [0.4, 0.5) is 5.69 Å². The van der Waals surface area contributed by atoms with E-state index in [2.05, 4.69) is 28.2 Å². The molecule has 2 atom stereocenters. The van der Waals surface area contributed by atoms with Crippen molar-refractivity contribution in [3.05, 3.63) is 42.0 Å². The summed E-state index contributed by atoms with van der Waals surface area (Å²) in [5, 5.41) is 10.6. The summed E-state index contributed by atoms with van der Waals surface area (Å²) in [5.41, 5.74) is 1.83. The van der Waals surface area contributed by atoms with Crippen molar-refractivity contribution in [2.24, 2.45) is 0 Å². The maximum absolute atomic E-state index is 12.5. The van der Waals surface area contributed by atoms with Crippen molar-refractivity contribution in [3.8, 4) is 0 Å². The summed E-state index contributed by atoms with van der Waals surface area (Å²) in [6, 6.07) is 5.95. The first-order valence-corrected chi connectivity index (χ1v) is 16.2. The monoisotopic (exact) mass is 675 g/mol. The molecule has 0 saturated carbocycles. The summed E-state index contributed by atoms with van der Waals surface area (Å²) in [7, 11) is 0. The molecule has 15 nitrogen and oxygen atoms in total. The van der Waals surface area contributed by atoms with Gasteiger partial charge >= 0.3 is 0 Å². The zero-order valence-electron chi connectivity index (χ0n) is 28.0. The summed E-state index contributed by atoms with van der Waals surface area (Å²) < 4.78 is 21.6. The van der Waals surface area contributed by atoms with Crippen LogP contribution in [-0.2, 0) is 54.1 Å². The minimum atomic E-state index is -0.827. The number of nitrogens with zero attached hydrogens (tertiary/aromatic N) is 1. The molecule has 1 aliphatic heterocycles. The van der Waals surface area contributed by atoms with Gasteiger partial charge in [0.05, 0.1) is 52.9 Å². The first-order chi connectivity index (χ1) is 23.1. The Hall–Kier alpha value is -4.18. The fourth-order valence-corrected chi connectivity index (χ4v) is 4.22. The third-order valence-electron chi connectivity index (χ3n) is 6.90. The van der Waals surface area contributed by atoms with Crippen molar-refractivity contribution in [1.82, 2.24) is 20.9 Å². The molecule has 1 aliphatic rings. The molecule has 6 amide bonds. The average Bonchev–Trinajstić information content (AvgIpc) is 3.38. The highest BCUT2D eigenvalue weighted by Gasteiger charge is 2.23. The van der Waals surface area contributed by atoms with E-state index in [0.29, 0.717) is 51.9 Å². The standard InChI is InChI=1S/C33H49N5O10/c1-4-5-26-6-8-27(9-7-26)37-33(44)25(3)36-32(43)24(2)35-29(40)13-16-45-18-20-47-22-23-48-21-19-46-17-14-34-28(39)12-15-38-30(41)10-11-31(38)42/h6-11,24-25H,4-5,12-23H2,1-3H3,(H,34,39)(H,35,40)(H,36,43)(H,37,44)/t24-,25-/m0/s1. The van der Waals surface area contributed by atoms with Crippen LogP contribution < -0.4 is 21.3 Å². The van der Waals surface area contributed by atoms with Crippen LogP contribution in [-0.4, -0.2) is 118 Å². The molecule has 0 aromatic heterocycles. The second-order valence-electron chi connectivity index (χ2n) is 10.9. The number of hydrogen-bond donors (Lipinski definition) is 4. The van der Waals surface area contributed by atoms with Gasteiger partial charge in [-0.3, -0.25) is 33.7 Å². The van der Waals surface area contributed by atoms with Gasteiger partial charge in [-0.1, -0.05) is 25.5 Å². The smallest absolute Gasteiger partial charge is 0.253 e. The van der Waals surface area contributed by atoms with E-state index >= 15 is 0 Å². The van der Waals surface area contributed by atoms with Crippen molar-refractivity contribution >= 4 is 41.1 Å². The van der Waals surface area contributed by atoms with Crippen LogP contribution in [0.1, 0.15) is 45.6 Å². The lowest BCUT2D eigenvalue weighted by atomic mass is 10.1. The predicted octanol–water partition coefficient (Wildman–Crippen LogP) is 0.475. The van der Waals surface area contributed by atoms with Gasteiger partial charge in [-0.05, 0) is 38.0 Å².